The molecule has 0 radical (unpaired) electrons. The van der Waals surface area contributed by atoms with Crippen molar-refractivity contribution in [2.75, 3.05) is 0 Å². The Morgan fingerprint density at radius 1 is 1.04 bits per heavy atom. The van der Waals surface area contributed by atoms with E-state index < -0.39 is 11.6 Å². The van der Waals surface area contributed by atoms with E-state index in [2.05, 4.69) is 45.5 Å². The number of hydrogen-bond donors (Lipinski definition) is 1. The van der Waals surface area contributed by atoms with Gasteiger partial charge in [0.2, 0.25) is 6.33 Å². The number of thiol groups is 1. The molecule has 2 nitrogen and oxygen atoms in total. The second-order valence-electron chi connectivity index (χ2n) is 6.13. The molecule has 0 saturated heterocycles. The first-order valence-corrected chi connectivity index (χ1v) is 8.12. The monoisotopic (exact) mass is 424 g/mol. The summed E-state index contributed by atoms with van der Waals surface area (Å²) in [5.41, 5.74) is 5.34. The first kappa shape index (κ1) is 19.7. The Labute approximate surface area is 162 Å². The molecule has 2 aromatic carbocycles. The van der Waals surface area contributed by atoms with Crippen LogP contribution in [0.2, 0.25) is 0 Å². The van der Waals surface area contributed by atoms with Gasteiger partial charge in [-0.3, -0.25) is 0 Å². The zero-order chi connectivity index (χ0) is 17.4. The average Bonchev–Trinajstić information content (AvgIpc) is 2.95. The van der Waals surface area contributed by atoms with E-state index in [9.17, 15) is 8.78 Å². The van der Waals surface area contributed by atoms with Gasteiger partial charge in [-0.05, 0) is 37.5 Å². The Balaban J connectivity index is 0.00000225. The first-order valence-electron chi connectivity index (χ1n) is 7.67. The SMILES string of the molecule is Cc1cc(C)c(C[n+]2ccn(-c3cc(F)cc(F)c3S)c2)c(C)c1.[Br-]. The maximum Gasteiger partial charge on any atom is 0.249 e. The number of rotatable bonds is 3. The predicted molar refractivity (Wildman–Crippen MR) is 92.9 cm³/mol. The number of nitrogens with zero attached hydrogens (tertiary/aromatic N) is 2. The normalized spacial score (nSPS) is 10.6. The third kappa shape index (κ3) is 4.12. The molecule has 0 unspecified atom stereocenters. The molecule has 1 heterocycles. The van der Waals surface area contributed by atoms with E-state index >= 15 is 0 Å². The van der Waals surface area contributed by atoms with E-state index in [0.717, 1.165) is 6.07 Å². The summed E-state index contributed by atoms with van der Waals surface area (Å²) in [6, 6.07) is 6.43. The van der Waals surface area contributed by atoms with Gasteiger partial charge in [0.1, 0.15) is 30.6 Å². The van der Waals surface area contributed by atoms with Crippen LogP contribution in [0.4, 0.5) is 8.78 Å². The second kappa shape index (κ2) is 7.70. The average molecular weight is 425 g/mol. The molecule has 25 heavy (non-hydrogen) atoms. The molecule has 6 heteroatoms. The van der Waals surface area contributed by atoms with E-state index in [1.54, 1.807) is 10.8 Å². The van der Waals surface area contributed by atoms with Crippen LogP contribution in [-0.4, -0.2) is 4.57 Å². The standard InChI is InChI=1S/C19H18F2N2S.BrH/c1-12-6-13(2)16(14(3)7-12)10-22-4-5-23(11-22)18-9-15(20)8-17(21)19(18)24;/h4-9,11H,10H2,1-3H3;1H. The van der Waals surface area contributed by atoms with Gasteiger partial charge in [-0.25, -0.2) is 17.9 Å². The van der Waals surface area contributed by atoms with Crippen molar-refractivity contribution in [2.24, 2.45) is 0 Å². The van der Waals surface area contributed by atoms with Gasteiger partial charge in [-0.15, -0.1) is 12.6 Å². The highest BCUT2D eigenvalue weighted by atomic mass is 79.9. The minimum atomic E-state index is -0.668. The van der Waals surface area contributed by atoms with Gasteiger partial charge in [0.15, 0.2) is 5.69 Å². The number of hydrogen-bond acceptors (Lipinski definition) is 1. The van der Waals surface area contributed by atoms with Gasteiger partial charge < -0.3 is 17.0 Å². The molecule has 0 atom stereocenters. The van der Waals surface area contributed by atoms with Crippen LogP contribution in [0.1, 0.15) is 22.3 Å². The van der Waals surface area contributed by atoms with Crippen molar-refractivity contribution >= 4 is 12.6 Å². The Morgan fingerprint density at radius 3 is 2.32 bits per heavy atom. The van der Waals surface area contributed by atoms with E-state index in [-0.39, 0.29) is 21.9 Å². The zero-order valence-corrected chi connectivity index (χ0v) is 16.7. The van der Waals surface area contributed by atoms with Crippen LogP contribution in [0.25, 0.3) is 5.69 Å². The van der Waals surface area contributed by atoms with E-state index in [4.69, 9.17) is 0 Å². The molecule has 0 spiro atoms. The van der Waals surface area contributed by atoms with Crippen LogP contribution in [0.3, 0.4) is 0 Å². The largest absolute Gasteiger partial charge is 1.00 e. The topological polar surface area (TPSA) is 8.81 Å². The van der Waals surface area contributed by atoms with Crippen molar-refractivity contribution in [1.82, 2.24) is 4.57 Å². The summed E-state index contributed by atoms with van der Waals surface area (Å²) in [5, 5.41) is 0. The second-order valence-corrected chi connectivity index (χ2v) is 6.57. The summed E-state index contributed by atoms with van der Waals surface area (Å²) < 4.78 is 30.8. The molecular weight excluding hydrogens is 406 g/mol. The molecule has 132 valence electrons. The van der Waals surface area contributed by atoms with E-state index in [1.807, 2.05) is 17.1 Å². The lowest BCUT2D eigenvalue weighted by Crippen LogP contribution is -3.00. The number of aromatic nitrogens is 2. The molecule has 0 saturated carbocycles. The van der Waals surface area contributed by atoms with Crippen molar-refractivity contribution < 1.29 is 30.3 Å². The highest BCUT2D eigenvalue weighted by molar-refractivity contribution is 7.80. The molecule has 1 aromatic heterocycles. The Bertz CT molecular complexity index is 899. The lowest BCUT2D eigenvalue weighted by atomic mass is 10.00. The van der Waals surface area contributed by atoms with Gasteiger partial charge in [-0.1, -0.05) is 17.7 Å². The van der Waals surface area contributed by atoms with Crippen LogP contribution < -0.4 is 21.5 Å². The molecule has 0 aliphatic carbocycles. The van der Waals surface area contributed by atoms with Crippen LogP contribution >= 0.6 is 12.6 Å². The first-order chi connectivity index (χ1) is 11.3. The molecule has 3 aromatic rings. The summed E-state index contributed by atoms with van der Waals surface area (Å²) in [6.45, 7) is 6.98. The lowest BCUT2D eigenvalue weighted by molar-refractivity contribution is -0.687. The molecule has 0 aliphatic rings. The fourth-order valence-corrected chi connectivity index (χ4v) is 3.27. The van der Waals surface area contributed by atoms with Gasteiger partial charge in [-0.2, -0.15) is 0 Å². The van der Waals surface area contributed by atoms with Gasteiger partial charge in [0, 0.05) is 12.1 Å². The zero-order valence-electron chi connectivity index (χ0n) is 14.2. The number of aryl methyl sites for hydroxylation is 3. The van der Waals surface area contributed by atoms with Crippen LogP contribution in [0.5, 0.6) is 0 Å². The number of halogens is 3. The maximum absolute atomic E-state index is 13.7. The van der Waals surface area contributed by atoms with Gasteiger partial charge in [0.05, 0.1) is 4.90 Å². The van der Waals surface area contributed by atoms with Crippen molar-refractivity contribution in [3.05, 3.63) is 76.9 Å². The number of imidazole rings is 1. The Hall–Kier alpha value is -1.66. The fourth-order valence-electron chi connectivity index (χ4n) is 3.02. The van der Waals surface area contributed by atoms with Crippen LogP contribution in [0, 0.1) is 32.4 Å². The third-order valence-corrected chi connectivity index (χ3v) is 4.60. The summed E-state index contributed by atoms with van der Waals surface area (Å²) >= 11 is 4.15. The summed E-state index contributed by atoms with van der Waals surface area (Å²) in [6.07, 6.45) is 5.47. The maximum atomic E-state index is 13.7. The summed E-state index contributed by atoms with van der Waals surface area (Å²) in [5.74, 6) is -1.29. The molecule has 0 fully saturated rings. The third-order valence-electron chi connectivity index (χ3n) is 4.16. The van der Waals surface area contributed by atoms with Gasteiger partial charge >= 0.3 is 0 Å². The Morgan fingerprint density at radius 2 is 1.68 bits per heavy atom. The highest BCUT2D eigenvalue weighted by Crippen LogP contribution is 2.23. The quantitative estimate of drug-likeness (QED) is 0.479. The van der Waals surface area contributed by atoms with Crippen LogP contribution in [0.15, 0.2) is 47.9 Å². The molecular formula is C19H19BrF2N2S. The van der Waals surface area contributed by atoms with Crippen LogP contribution in [-0.2, 0) is 6.54 Å². The molecule has 0 aliphatic heterocycles. The van der Waals surface area contributed by atoms with Gasteiger partial charge in [0.25, 0.3) is 0 Å². The van der Waals surface area contributed by atoms with Crippen molar-refractivity contribution in [2.45, 2.75) is 32.2 Å². The highest BCUT2D eigenvalue weighted by Gasteiger charge is 2.16. The molecule has 0 amide bonds. The predicted octanol–water partition coefficient (Wildman–Crippen LogP) is 1.31. The smallest absolute Gasteiger partial charge is 0.249 e. The lowest BCUT2D eigenvalue weighted by Gasteiger charge is -2.09. The minimum Gasteiger partial charge on any atom is -1.00 e. The summed E-state index contributed by atoms with van der Waals surface area (Å²) in [4.78, 5) is 0.127. The molecule has 0 N–H and O–H groups in total. The number of benzene rings is 2. The van der Waals surface area contributed by atoms with Crippen molar-refractivity contribution in [3.63, 3.8) is 0 Å². The fraction of sp³-hybridized carbons (Fsp3) is 0.211. The summed E-state index contributed by atoms with van der Waals surface area (Å²) in [7, 11) is 0. The van der Waals surface area contributed by atoms with Crippen molar-refractivity contribution in [1.29, 1.82) is 0 Å². The van der Waals surface area contributed by atoms with E-state index in [1.165, 1.54) is 28.3 Å². The minimum absolute atomic E-state index is 0. The molecule has 0 bridgehead atoms. The van der Waals surface area contributed by atoms with E-state index in [0.29, 0.717) is 12.2 Å². The molecule has 3 rings (SSSR count). The van der Waals surface area contributed by atoms with Crippen molar-refractivity contribution in [3.8, 4) is 5.69 Å². The Kier molecular flexibility index (Phi) is 6.06.